The van der Waals surface area contributed by atoms with E-state index in [-0.39, 0.29) is 18.5 Å². The largest absolute Gasteiger partial charge is 0.497 e. The number of benzene rings is 2. The van der Waals surface area contributed by atoms with Gasteiger partial charge >= 0.3 is 6.03 Å². The normalized spacial score (nSPS) is 19.1. The van der Waals surface area contributed by atoms with Crippen LogP contribution in [0.4, 0.5) is 4.79 Å². The van der Waals surface area contributed by atoms with Crippen LogP contribution in [0, 0.1) is 0 Å². The molecule has 31 heavy (non-hydrogen) atoms. The van der Waals surface area contributed by atoms with Gasteiger partial charge in [-0.1, -0.05) is 62.7 Å². The van der Waals surface area contributed by atoms with Crippen molar-refractivity contribution in [1.82, 2.24) is 15.5 Å². The molecule has 2 aromatic rings. The highest BCUT2D eigenvalue weighted by Crippen LogP contribution is 2.33. The van der Waals surface area contributed by atoms with Crippen molar-refractivity contribution in [2.45, 2.75) is 44.7 Å². The molecule has 7 heteroatoms. The van der Waals surface area contributed by atoms with Gasteiger partial charge in [-0.25, -0.2) is 4.79 Å². The molecule has 0 unspecified atom stereocenters. The fraction of sp³-hybridized carbons (Fsp3) is 0.375. The SMILES string of the molecule is CCC[C@H](NC(=O)CN1C(=O)N[C@@](CC)(c2ccc(OC)cc2)C1=O)c1ccccc1. The van der Waals surface area contributed by atoms with E-state index in [1.54, 1.807) is 31.4 Å². The topological polar surface area (TPSA) is 87.7 Å². The second kappa shape index (κ2) is 9.64. The third-order valence-electron chi connectivity index (χ3n) is 5.71. The van der Waals surface area contributed by atoms with Crippen molar-refractivity contribution in [3.63, 3.8) is 0 Å². The van der Waals surface area contributed by atoms with Crippen LogP contribution in [0.15, 0.2) is 54.6 Å². The summed E-state index contributed by atoms with van der Waals surface area (Å²) >= 11 is 0. The van der Waals surface area contributed by atoms with E-state index in [1.807, 2.05) is 44.2 Å². The molecule has 1 heterocycles. The Morgan fingerprint density at radius 3 is 2.35 bits per heavy atom. The predicted octanol–water partition coefficient (Wildman–Crippen LogP) is 3.51. The van der Waals surface area contributed by atoms with E-state index < -0.39 is 17.5 Å². The summed E-state index contributed by atoms with van der Waals surface area (Å²) in [6, 6.07) is 16.0. The van der Waals surface area contributed by atoms with E-state index in [4.69, 9.17) is 4.74 Å². The molecule has 0 bridgehead atoms. The minimum atomic E-state index is -1.19. The summed E-state index contributed by atoms with van der Waals surface area (Å²) < 4.78 is 5.18. The highest BCUT2D eigenvalue weighted by atomic mass is 16.5. The van der Waals surface area contributed by atoms with Crippen molar-refractivity contribution in [3.05, 3.63) is 65.7 Å². The molecule has 0 spiro atoms. The first-order valence-corrected chi connectivity index (χ1v) is 10.6. The molecule has 0 aliphatic carbocycles. The number of nitrogens with zero attached hydrogens (tertiary/aromatic N) is 1. The molecular formula is C24H29N3O4. The minimum absolute atomic E-state index is 0.169. The van der Waals surface area contributed by atoms with Crippen molar-refractivity contribution in [2.75, 3.05) is 13.7 Å². The zero-order valence-corrected chi connectivity index (χ0v) is 18.2. The third-order valence-corrected chi connectivity index (χ3v) is 5.71. The average Bonchev–Trinajstić information content (AvgIpc) is 3.04. The van der Waals surface area contributed by atoms with Crippen LogP contribution in [0.1, 0.15) is 50.3 Å². The molecule has 2 atom stereocenters. The maximum atomic E-state index is 13.3. The number of hydrogen-bond donors (Lipinski definition) is 2. The molecule has 4 amide bonds. The lowest BCUT2D eigenvalue weighted by molar-refractivity contribution is -0.135. The van der Waals surface area contributed by atoms with Crippen LogP contribution in [-0.2, 0) is 15.1 Å². The minimum Gasteiger partial charge on any atom is -0.497 e. The highest BCUT2D eigenvalue weighted by Gasteiger charge is 2.51. The van der Waals surface area contributed by atoms with Crippen LogP contribution in [0.3, 0.4) is 0 Å². The Morgan fingerprint density at radius 2 is 1.77 bits per heavy atom. The highest BCUT2D eigenvalue weighted by molar-refractivity contribution is 6.09. The molecule has 164 valence electrons. The van der Waals surface area contributed by atoms with Crippen LogP contribution in [-0.4, -0.2) is 36.4 Å². The zero-order valence-electron chi connectivity index (χ0n) is 18.2. The maximum Gasteiger partial charge on any atom is 0.325 e. The Kier molecular flexibility index (Phi) is 6.95. The standard InChI is InChI=1S/C24H29N3O4/c1-4-9-20(17-10-7-6-8-11-17)25-21(28)16-27-22(29)24(5-2,26-23(27)30)18-12-14-19(31-3)15-13-18/h6-8,10-15,20H,4-5,9,16H2,1-3H3,(H,25,28)(H,26,30)/t20-,24-/m0/s1. The van der Waals surface area contributed by atoms with Gasteiger partial charge in [-0.2, -0.15) is 0 Å². The number of carbonyl (C=O) groups excluding carboxylic acids is 3. The molecule has 2 N–H and O–H groups in total. The summed E-state index contributed by atoms with van der Waals surface area (Å²) in [5.74, 6) is -0.134. The summed E-state index contributed by atoms with van der Waals surface area (Å²) in [6.45, 7) is 3.55. The van der Waals surface area contributed by atoms with Crippen molar-refractivity contribution < 1.29 is 19.1 Å². The Bertz CT molecular complexity index is 930. The first-order chi connectivity index (χ1) is 14.9. The van der Waals surface area contributed by atoms with Crippen molar-refractivity contribution in [2.24, 2.45) is 0 Å². The van der Waals surface area contributed by atoms with E-state index >= 15 is 0 Å². The lowest BCUT2D eigenvalue weighted by Gasteiger charge is -2.26. The Labute approximate surface area is 182 Å². The van der Waals surface area contributed by atoms with Crippen LogP contribution in [0.25, 0.3) is 0 Å². The molecule has 0 saturated carbocycles. The quantitative estimate of drug-likeness (QED) is 0.604. The van der Waals surface area contributed by atoms with Crippen molar-refractivity contribution >= 4 is 17.8 Å². The number of urea groups is 1. The van der Waals surface area contributed by atoms with E-state index in [2.05, 4.69) is 10.6 Å². The van der Waals surface area contributed by atoms with Crippen molar-refractivity contribution in [1.29, 1.82) is 0 Å². The molecule has 7 nitrogen and oxygen atoms in total. The first kappa shape index (κ1) is 22.3. The van der Waals surface area contributed by atoms with Gasteiger partial charge < -0.3 is 15.4 Å². The fourth-order valence-corrected chi connectivity index (χ4v) is 3.96. The van der Waals surface area contributed by atoms with Gasteiger partial charge in [-0.05, 0) is 36.1 Å². The molecule has 2 aromatic carbocycles. The summed E-state index contributed by atoms with van der Waals surface area (Å²) in [6.07, 6.45) is 2.02. The molecule has 1 aliphatic rings. The summed E-state index contributed by atoms with van der Waals surface area (Å²) in [4.78, 5) is 39.7. The molecule has 0 aromatic heterocycles. The first-order valence-electron chi connectivity index (χ1n) is 10.6. The number of ether oxygens (including phenoxy) is 1. The molecular weight excluding hydrogens is 394 g/mol. The second-order valence-corrected chi connectivity index (χ2v) is 7.63. The molecule has 1 saturated heterocycles. The summed E-state index contributed by atoms with van der Waals surface area (Å²) in [7, 11) is 1.56. The monoisotopic (exact) mass is 423 g/mol. The lowest BCUT2D eigenvalue weighted by atomic mass is 9.87. The van der Waals surface area contributed by atoms with E-state index in [0.29, 0.717) is 17.7 Å². The summed E-state index contributed by atoms with van der Waals surface area (Å²) in [5, 5.41) is 5.78. The number of nitrogens with one attached hydrogen (secondary N) is 2. The number of amides is 4. The molecule has 3 rings (SSSR count). The zero-order chi connectivity index (χ0) is 22.4. The predicted molar refractivity (Wildman–Crippen MR) is 117 cm³/mol. The fourth-order valence-electron chi connectivity index (χ4n) is 3.96. The van der Waals surface area contributed by atoms with Gasteiger partial charge in [0.05, 0.1) is 13.2 Å². The number of imide groups is 1. The van der Waals surface area contributed by atoms with Gasteiger partial charge in [0, 0.05) is 0 Å². The van der Waals surface area contributed by atoms with Gasteiger partial charge in [-0.3, -0.25) is 14.5 Å². The average molecular weight is 424 g/mol. The van der Waals surface area contributed by atoms with Gasteiger partial charge in [-0.15, -0.1) is 0 Å². The number of carbonyl (C=O) groups is 3. The van der Waals surface area contributed by atoms with E-state index in [9.17, 15) is 14.4 Å². The Hall–Kier alpha value is -3.35. The Morgan fingerprint density at radius 1 is 1.10 bits per heavy atom. The van der Waals surface area contributed by atoms with Gasteiger partial charge in [0.2, 0.25) is 5.91 Å². The van der Waals surface area contributed by atoms with Gasteiger partial charge in [0.25, 0.3) is 5.91 Å². The van der Waals surface area contributed by atoms with E-state index in [1.165, 1.54) is 0 Å². The lowest BCUT2D eigenvalue weighted by Crippen LogP contribution is -2.45. The maximum absolute atomic E-state index is 13.3. The van der Waals surface area contributed by atoms with E-state index in [0.717, 1.165) is 23.3 Å². The molecule has 1 aliphatic heterocycles. The van der Waals surface area contributed by atoms with Crippen LogP contribution in [0.5, 0.6) is 5.75 Å². The smallest absolute Gasteiger partial charge is 0.325 e. The Balaban J connectivity index is 1.76. The van der Waals surface area contributed by atoms with Crippen LogP contribution >= 0.6 is 0 Å². The van der Waals surface area contributed by atoms with Gasteiger partial charge in [0.1, 0.15) is 17.8 Å². The molecule has 0 radical (unpaired) electrons. The van der Waals surface area contributed by atoms with Crippen LogP contribution < -0.4 is 15.4 Å². The number of hydrogen-bond acceptors (Lipinski definition) is 4. The summed E-state index contributed by atoms with van der Waals surface area (Å²) in [5.41, 5.74) is 0.465. The second-order valence-electron chi connectivity index (χ2n) is 7.63. The van der Waals surface area contributed by atoms with Crippen molar-refractivity contribution in [3.8, 4) is 5.75 Å². The molecule has 1 fully saturated rings. The number of methoxy groups -OCH3 is 1. The van der Waals surface area contributed by atoms with Crippen LogP contribution in [0.2, 0.25) is 0 Å². The number of rotatable bonds is 9. The third kappa shape index (κ3) is 4.55. The van der Waals surface area contributed by atoms with Gasteiger partial charge in [0.15, 0.2) is 0 Å².